The molecule has 0 unspecified atom stereocenters. The molecule has 150 valence electrons. The highest BCUT2D eigenvalue weighted by molar-refractivity contribution is 5.94. The number of aromatic nitrogens is 1. The first kappa shape index (κ1) is 20.4. The predicted molar refractivity (Wildman–Crippen MR) is 110 cm³/mol. The van der Waals surface area contributed by atoms with E-state index in [1.807, 2.05) is 42.5 Å². The largest absolute Gasteiger partial charge is 0.491 e. The number of nitrogens with zero attached hydrogens (tertiary/aromatic N) is 1. The van der Waals surface area contributed by atoms with Crippen molar-refractivity contribution in [2.24, 2.45) is 0 Å². The Kier molecular flexibility index (Phi) is 7.60. The third kappa shape index (κ3) is 6.62. The molecule has 0 aliphatic heterocycles. The second kappa shape index (κ2) is 10.8. The number of benzene rings is 2. The minimum atomic E-state index is -0.154. The van der Waals surface area contributed by atoms with Crippen LogP contribution in [-0.2, 0) is 17.9 Å². The Morgan fingerprint density at radius 1 is 0.931 bits per heavy atom. The van der Waals surface area contributed by atoms with Gasteiger partial charge in [0.05, 0.1) is 6.61 Å². The number of rotatable bonds is 10. The fourth-order valence-electron chi connectivity index (χ4n) is 2.61. The highest BCUT2D eigenvalue weighted by atomic mass is 16.5. The van der Waals surface area contributed by atoms with Crippen LogP contribution < -0.4 is 14.8 Å². The number of carbonyl (C=O) groups is 1. The zero-order chi connectivity index (χ0) is 20.3. The molecule has 0 aliphatic rings. The fourth-order valence-corrected chi connectivity index (χ4v) is 2.61. The molecule has 2 aromatic carbocycles. The van der Waals surface area contributed by atoms with Crippen LogP contribution in [0.2, 0.25) is 0 Å². The van der Waals surface area contributed by atoms with Crippen molar-refractivity contribution >= 4 is 5.91 Å². The summed E-state index contributed by atoms with van der Waals surface area (Å²) in [4.78, 5) is 16.5. The lowest BCUT2D eigenvalue weighted by atomic mass is 10.2. The van der Waals surface area contributed by atoms with Crippen LogP contribution in [0, 0.1) is 0 Å². The van der Waals surface area contributed by atoms with E-state index in [-0.39, 0.29) is 5.91 Å². The minimum Gasteiger partial charge on any atom is -0.491 e. The summed E-state index contributed by atoms with van der Waals surface area (Å²) in [5, 5.41) is 2.92. The summed E-state index contributed by atoms with van der Waals surface area (Å²) in [6.07, 6.45) is 3.51. The fraction of sp³-hybridized carbons (Fsp3) is 0.217. The van der Waals surface area contributed by atoms with Gasteiger partial charge in [0.25, 0.3) is 5.91 Å². The molecule has 1 heterocycles. The molecule has 0 bridgehead atoms. The molecule has 0 saturated heterocycles. The molecule has 1 N–H and O–H groups in total. The lowest BCUT2D eigenvalue weighted by Crippen LogP contribution is -2.22. The lowest BCUT2D eigenvalue weighted by molar-refractivity contribution is 0.0950. The van der Waals surface area contributed by atoms with Crippen molar-refractivity contribution in [3.8, 4) is 11.5 Å². The molecule has 0 atom stereocenters. The highest BCUT2D eigenvalue weighted by Crippen LogP contribution is 2.15. The SMILES string of the molecule is COCCOc1cccc(C(=O)NCc2ccc(OCc3cccnc3)cc2)c1. The van der Waals surface area contributed by atoms with Gasteiger partial charge < -0.3 is 19.5 Å². The number of amides is 1. The zero-order valence-corrected chi connectivity index (χ0v) is 16.3. The summed E-state index contributed by atoms with van der Waals surface area (Å²) in [7, 11) is 1.62. The number of hydrogen-bond donors (Lipinski definition) is 1. The number of carbonyl (C=O) groups excluding carboxylic acids is 1. The number of pyridine rings is 1. The van der Waals surface area contributed by atoms with E-state index in [0.29, 0.717) is 37.7 Å². The first-order chi connectivity index (χ1) is 14.2. The van der Waals surface area contributed by atoms with Crippen LogP contribution in [0.4, 0.5) is 0 Å². The van der Waals surface area contributed by atoms with Crippen molar-refractivity contribution < 1.29 is 19.0 Å². The van der Waals surface area contributed by atoms with Crippen molar-refractivity contribution in [1.82, 2.24) is 10.3 Å². The molecule has 0 radical (unpaired) electrons. The summed E-state index contributed by atoms with van der Waals surface area (Å²) < 4.78 is 16.2. The number of ether oxygens (including phenoxy) is 3. The van der Waals surface area contributed by atoms with Gasteiger partial charge in [0.15, 0.2) is 0 Å². The third-order valence-electron chi connectivity index (χ3n) is 4.16. The highest BCUT2D eigenvalue weighted by Gasteiger charge is 2.07. The molecule has 1 aromatic heterocycles. The molecular weight excluding hydrogens is 368 g/mol. The van der Waals surface area contributed by atoms with Gasteiger partial charge in [0.2, 0.25) is 0 Å². The third-order valence-corrected chi connectivity index (χ3v) is 4.16. The first-order valence-electron chi connectivity index (χ1n) is 9.35. The summed E-state index contributed by atoms with van der Waals surface area (Å²) in [6, 6.07) is 18.6. The second-order valence-corrected chi connectivity index (χ2v) is 6.35. The van der Waals surface area contributed by atoms with Gasteiger partial charge in [-0.2, -0.15) is 0 Å². The van der Waals surface area contributed by atoms with E-state index < -0.39 is 0 Å². The maximum Gasteiger partial charge on any atom is 0.251 e. The Morgan fingerprint density at radius 3 is 2.55 bits per heavy atom. The molecule has 3 aromatic rings. The van der Waals surface area contributed by atoms with Crippen LogP contribution in [0.15, 0.2) is 73.1 Å². The standard InChI is InChI=1S/C23H24N2O4/c1-27-12-13-28-22-6-2-5-20(14-22)23(26)25-16-18-7-9-21(10-8-18)29-17-19-4-3-11-24-15-19/h2-11,14-15H,12-13,16-17H2,1H3,(H,25,26). The van der Waals surface area contributed by atoms with Crippen molar-refractivity contribution in [2.75, 3.05) is 20.3 Å². The average molecular weight is 392 g/mol. The van der Waals surface area contributed by atoms with Crippen LogP contribution in [0.3, 0.4) is 0 Å². The van der Waals surface area contributed by atoms with E-state index in [2.05, 4.69) is 10.3 Å². The van der Waals surface area contributed by atoms with Gasteiger partial charge in [-0.25, -0.2) is 0 Å². The first-order valence-corrected chi connectivity index (χ1v) is 9.35. The molecule has 0 saturated carbocycles. The molecule has 0 spiro atoms. The van der Waals surface area contributed by atoms with E-state index in [4.69, 9.17) is 14.2 Å². The number of hydrogen-bond acceptors (Lipinski definition) is 5. The van der Waals surface area contributed by atoms with Crippen LogP contribution in [0.5, 0.6) is 11.5 Å². The van der Waals surface area contributed by atoms with Gasteiger partial charge in [-0.15, -0.1) is 0 Å². The van der Waals surface area contributed by atoms with Gasteiger partial charge in [-0.3, -0.25) is 9.78 Å². The van der Waals surface area contributed by atoms with Crippen molar-refractivity contribution in [2.45, 2.75) is 13.2 Å². The summed E-state index contributed by atoms with van der Waals surface area (Å²) in [5.74, 6) is 1.26. The minimum absolute atomic E-state index is 0.154. The van der Waals surface area contributed by atoms with Crippen LogP contribution in [0.25, 0.3) is 0 Å². The van der Waals surface area contributed by atoms with Gasteiger partial charge >= 0.3 is 0 Å². The smallest absolute Gasteiger partial charge is 0.251 e. The zero-order valence-electron chi connectivity index (χ0n) is 16.3. The van der Waals surface area contributed by atoms with E-state index in [1.54, 1.807) is 37.7 Å². The molecule has 3 rings (SSSR count). The molecule has 6 nitrogen and oxygen atoms in total. The van der Waals surface area contributed by atoms with Crippen LogP contribution in [-0.4, -0.2) is 31.2 Å². The van der Waals surface area contributed by atoms with Gasteiger partial charge in [0.1, 0.15) is 24.7 Å². The number of nitrogens with one attached hydrogen (secondary N) is 1. The van der Waals surface area contributed by atoms with E-state index in [0.717, 1.165) is 16.9 Å². The Bertz CT molecular complexity index is 898. The normalized spacial score (nSPS) is 10.4. The maximum absolute atomic E-state index is 12.4. The second-order valence-electron chi connectivity index (χ2n) is 6.35. The van der Waals surface area contributed by atoms with Crippen LogP contribution in [0.1, 0.15) is 21.5 Å². The molecule has 29 heavy (non-hydrogen) atoms. The Hall–Kier alpha value is -3.38. The van der Waals surface area contributed by atoms with E-state index in [9.17, 15) is 4.79 Å². The molecule has 0 fully saturated rings. The molecular formula is C23H24N2O4. The van der Waals surface area contributed by atoms with Crippen molar-refractivity contribution in [1.29, 1.82) is 0 Å². The Balaban J connectivity index is 1.48. The maximum atomic E-state index is 12.4. The summed E-state index contributed by atoms with van der Waals surface area (Å²) in [5.41, 5.74) is 2.55. The van der Waals surface area contributed by atoms with E-state index in [1.165, 1.54) is 0 Å². The van der Waals surface area contributed by atoms with Crippen molar-refractivity contribution in [3.05, 3.63) is 89.7 Å². The van der Waals surface area contributed by atoms with Gasteiger partial charge in [0, 0.05) is 37.2 Å². The quantitative estimate of drug-likeness (QED) is 0.534. The van der Waals surface area contributed by atoms with Crippen LogP contribution >= 0.6 is 0 Å². The number of methoxy groups -OCH3 is 1. The topological polar surface area (TPSA) is 69.7 Å². The summed E-state index contributed by atoms with van der Waals surface area (Å²) >= 11 is 0. The summed E-state index contributed by atoms with van der Waals surface area (Å²) in [6.45, 7) is 1.83. The van der Waals surface area contributed by atoms with Gasteiger partial charge in [-0.1, -0.05) is 24.3 Å². The monoisotopic (exact) mass is 392 g/mol. The van der Waals surface area contributed by atoms with E-state index >= 15 is 0 Å². The van der Waals surface area contributed by atoms with Gasteiger partial charge in [-0.05, 0) is 42.0 Å². The molecule has 0 aliphatic carbocycles. The average Bonchev–Trinajstić information content (AvgIpc) is 2.78. The molecule has 1 amide bonds. The lowest BCUT2D eigenvalue weighted by Gasteiger charge is -2.10. The predicted octanol–water partition coefficient (Wildman–Crippen LogP) is 3.62. The van der Waals surface area contributed by atoms with Crippen molar-refractivity contribution in [3.63, 3.8) is 0 Å². The Labute approximate surface area is 170 Å². The Morgan fingerprint density at radius 2 is 1.79 bits per heavy atom. The molecule has 6 heteroatoms.